The number of carboxylic acid groups (broad SMARTS) is 1. The molecule has 1 aliphatic heterocycles. The molecule has 110 valence electrons. The lowest BCUT2D eigenvalue weighted by molar-refractivity contribution is 0.0696. The Morgan fingerprint density at radius 2 is 1.64 bits per heavy atom. The van der Waals surface area contributed by atoms with Crippen LogP contribution in [-0.2, 0) is 0 Å². The van der Waals surface area contributed by atoms with E-state index in [2.05, 4.69) is 0 Å². The highest BCUT2D eigenvalue weighted by Gasteiger charge is 2.38. The Hall–Kier alpha value is -3.09. The van der Waals surface area contributed by atoms with Crippen LogP contribution in [0.2, 0.25) is 0 Å². The third-order valence-corrected chi connectivity index (χ3v) is 3.28. The fourth-order valence-electron chi connectivity index (χ4n) is 2.26. The second kappa shape index (κ2) is 4.73. The zero-order valence-electron chi connectivity index (χ0n) is 10.8. The number of anilines is 1. The van der Waals surface area contributed by atoms with E-state index in [9.17, 15) is 23.2 Å². The SMILES string of the molecule is O=C(O)c1ccc2c(c1)C(=O)N(c1ccc(F)cc1F)C2=O. The topological polar surface area (TPSA) is 74.7 Å². The quantitative estimate of drug-likeness (QED) is 0.865. The molecule has 2 aromatic carbocycles. The van der Waals surface area contributed by atoms with Crippen molar-refractivity contribution in [3.8, 4) is 0 Å². The summed E-state index contributed by atoms with van der Waals surface area (Å²) < 4.78 is 26.7. The fraction of sp³-hybridized carbons (Fsp3) is 0. The van der Waals surface area contributed by atoms with E-state index in [1.807, 2.05) is 0 Å². The van der Waals surface area contributed by atoms with Crippen molar-refractivity contribution in [3.63, 3.8) is 0 Å². The first-order chi connectivity index (χ1) is 10.4. The average molecular weight is 303 g/mol. The minimum Gasteiger partial charge on any atom is -0.478 e. The van der Waals surface area contributed by atoms with Crippen molar-refractivity contribution < 1.29 is 28.3 Å². The van der Waals surface area contributed by atoms with E-state index in [1.54, 1.807) is 0 Å². The predicted octanol–water partition coefficient (Wildman–Crippen LogP) is 2.46. The normalized spacial score (nSPS) is 13.5. The van der Waals surface area contributed by atoms with Crippen LogP contribution in [0.3, 0.4) is 0 Å². The summed E-state index contributed by atoms with van der Waals surface area (Å²) in [5.41, 5.74) is -0.710. The van der Waals surface area contributed by atoms with E-state index in [4.69, 9.17) is 5.11 Å². The van der Waals surface area contributed by atoms with Gasteiger partial charge in [-0.15, -0.1) is 0 Å². The van der Waals surface area contributed by atoms with E-state index in [-0.39, 0.29) is 22.4 Å². The van der Waals surface area contributed by atoms with Gasteiger partial charge in [-0.2, -0.15) is 0 Å². The fourth-order valence-corrected chi connectivity index (χ4v) is 2.26. The standard InChI is InChI=1S/C15H7F2NO4/c16-8-2-4-12(11(17)6-8)18-13(19)9-3-1-7(15(21)22)5-10(9)14(18)20/h1-6H,(H,21,22). The molecule has 0 saturated heterocycles. The Kier molecular flexibility index (Phi) is 2.98. The molecule has 1 N–H and O–H groups in total. The van der Waals surface area contributed by atoms with Gasteiger partial charge in [0.1, 0.15) is 11.6 Å². The van der Waals surface area contributed by atoms with Gasteiger partial charge < -0.3 is 5.11 Å². The Bertz CT molecular complexity index is 847. The number of hydrogen-bond donors (Lipinski definition) is 1. The molecule has 22 heavy (non-hydrogen) atoms. The highest BCUT2D eigenvalue weighted by molar-refractivity contribution is 6.34. The molecule has 2 amide bonds. The molecule has 0 spiro atoms. The van der Waals surface area contributed by atoms with Crippen LogP contribution in [-0.4, -0.2) is 22.9 Å². The highest BCUT2D eigenvalue weighted by Crippen LogP contribution is 2.31. The summed E-state index contributed by atoms with van der Waals surface area (Å²) in [4.78, 5) is 36.0. The number of amides is 2. The van der Waals surface area contributed by atoms with E-state index < -0.39 is 29.4 Å². The van der Waals surface area contributed by atoms with Crippen LogP contribution in [0.25, 0.3) is 0 Å². The third kappa shape index (κ3) is 1.95. The van der Waals surface area contributed by atoms with Gasteiger partial charge in [0.15, 0.2) is 0 Å². The molecule has 1 aliphatic rings. The number of carboxylic acids is 1. The van der Waals surface area contributed by atoms with Crippen molar-refractivity contribution in [1.82, 2.24) is 0 Å². The molecular formula is C15H7F2NO4. The van der Waals surface area contributed by atoms with Crippen molar-refractivity contribution >= 4 is 23.5 Å². The summed E-state index contributed by atoms with van der Waals surface area (Å²) in [5, 5.41) is 8.91. The molecule has 5 nitrogen and oxygen atoms in total. The van der Waals surface area contributed by atoms with Crippen LogP contribution in [0.1, 0.15) is 31.1 Å². The van der Waals surface area contributed by atoms with Crippen LogP contribution in [0.4, 0.5) is 14.5 Å². The lowest BCUT2D eigenvalue weighted by Crippen LogP contribution is -2.30. The lowest BCUT2D eigenvalue weighted by atomic mass is 10.1. The van der Waals surface area contributed by atoms with Crippen molar-refractivity contribution in [2.75, 3.05) is 4.90 Å². The number of carbonyl (C=O) groups excluding carboxylic acids is 2. The summed E-state index contributed by atoms with van der Waals surface area (Å²) in [7, 11) is 0. The molecule has 0 aliphatic carbocycles. The zero-order valence-corrected chi connectivity index (χ0v) is 10.8. The van der Waals surface area contributed by atoms with Gasteiger partial charge in [-0.3, -0.25) is 9.59 Å². The van der Waals surface area contributed by atoms with Crippen molar-refractivity contribution in [2.45, 2.75) is 0 Å². The number of halogens is 2. The van der Waals surface area contributed by atoms with Crippen molar-refractivity contribution in [3.05, 3.63) is 64.7 Å². The number of fused-ring (bicyclic) bond motifs is 1. The Morgan fingerprint density at radius 1 is 0.955 bits per heavy atom. The van der Waals surface area contributed by atoms with Gasteiger partial charge in [0.25, 0.3) is 11.8 Å². The van der Waals surface area contributed by atoms with E-state index in [0.29, 0.717) is 11.0 Å². The summed E-state index contributed by atoms with van der Waals surface area (Å²) >= 11 is 0. The van der Waals surface area contributed by atoms with Crippen molar-refractivity contribution in [2.24, 2.45) is 0 Å². The second-order valence-electron chi connectivity index (χ2n) is 4.61. The number of hydrogen-bond acceptors (Lipinski definition) is 3. The summed E-state index contributed by atoms with van der Waals surface area (Å²) in [6, 6.07) is 5.88. The van der Waals surface area contributed by atoms with Gasteiger partial charge in [0.05, 0.1) is 22.4 Å². The van der Waals surface area contributed by atoms with Gasteiger partial charge in [0, 0.05) is 6.07 Å². The molecule has 0 aromatic heterocycles. The largest absolute Gasteiger partial charge is 0.478 e. The molecular weight excluding hydrogens is 296 g/mol. The average Bonchev–Trinajstić information content (AvgIpc) is 2.71. The lowest BCUT2D eigenvalue weighted by Gasteiger charge is -2.14. The maximum atomic E-state index is 13.8. The summed E-state index contributed by atoms with van der Waals surface area (Å²) in [5.74, 6) is -4.80. The molecule has 7 heteroatoms. The molecule has 2 aromatic rings. The van der Waals surface area contributed by atoms with Crippen LogP contribution >= 0.6 is 0 Å². The Labute approximate surface area is 122 Å². The molecule has 0 unspecified atom stereocenters. The molecule has 1 heterocycles. The van der Waals surface area contributed by atoms with Crippen molar-refractivity contribution in [1.29, 1.82) is 0 Å². The highest BCUT2D eigenvalue weighted by atomic mass is 19.1. The maximum absolute atomic E-state index is 13.8. The summed E-state index contributed by atoms with van der Waals surface area (Å²) in [6.07, 6.45) is 0. The van der Waals surface area contributed by atoms with Crippen LogP contribution in [0.5, 0.6) is 0 Å². The van der Waals surface area contributed by atoms with Crippen LogP contribution in [0, 0.1) is 11.6 Å². The first-order valence-corrected chi connectivity index (χ1v) is 6.11. The molecule has 3 rings (SSSR count). The van der Waals surface area contributed by atoms with Gasteiger partial charge in [-0.05, 0) is 30.3 Å². The molecule has 0 fully saturated rings. The maximum Gasteiger partial charge on any atom is 0.335 e. The first-order valence-electron chi connectivity index (χ1n) is 6.11. The Balaban J connectivity index is 2.12. The predicted molar refractivity (Wildman–Crippen MR) is 70.9 cm³/mol. The van der Waals surface area contributed by atoms with Crippen LogP contribution < -0.4 is 4.90 Å². The molecule has 0 saturated carbocycles. The number of imide groups is 1. The smallest absolute Gasteiger partial charge is 0.335 e. The number of nitrogens with zero attached hydrogens (tertiary/aromatic N) is 1. The summed E-state index contributed by atoms with van der Waals surface area (Å²) in [6.45, 7) is 0. The van der Waals surface area contributed by atoms with Crippen LogP contribution in [0.15, 0.2) is 36.4 Å². The van der Waals surface area contributed by atoms with Gasteiger partial charge in [-0.25, -0.2) is 18.5 Å². The van der Waals surface area contributed by atoms with E-state index >= 15 is 0 Å². The van der Waals surface area contributed by atoms with Gasteiger partial charge in [0.2, 0.25) is 0 Å². The first kappa shape index (κ1) is 13.9. The van der Waals surface area contributed by atoms with E-state index in [0.717, 1.165) is 18.2 Å². The molecule has 0 atom stereocenters. The molecule has 0 bridgehead atoms. The molecule has 0 radical (unpaired) electrons. The van der Waals surface area contributed by atoms with E-state index in [1.165, 1.54) is 12.1 Å². The zero-order chi connectivity index (χ0) is 16.0. The number of rotatable bonds is 2. The number of aromatic carboxylic acids is 1. The minimum atomic E-state index is -1.26. The number of benzene rings is 2. The van der Waals surface area contributed by atoms with Gasteiger partial charge >= 0.3 is 5.97 Å². The monoisotopic (exact) mass is 303 g/mol. The minimum absolute atomic E-state index is 0.0290. The third-order valence-electron chi connectivity index (χ3n) is 3.28. The van der Waals surface area contributed by atoms with Gasteiger partial charge in [-0.1, -0.05) is 0 Å². The second-order valence-corrected chi connectivity index (χ2v) is 4.61. The number of carbonyl (C=O) groups is 3. The Morgan fingerprint density at radius 3 is 2.27 bits per heavy atom.